The Morgan fingerprint density at radius 3 is 2.87 bits per heavy atom. The number of pyridine rings is 1. The van der Waals surface area contributed by atoms with Crippen molar-refractivity contribution in [2.45, 2.75) is 38.3 Å². The third-order valence-corrected chi connectivity index (χ3v) is 2.89. The van der Waals surface area contributed by atoms with Gasteiger partial charge in [-0.1, -0.05) is 12.8 Å². The average molecular weight is 207 g/mol. The molecule has 1 aliphatic carbocycles. The molecule has 0 atom stereocenters. The molecule has 0 saturated heterocycles. The summed E-state index contributed by atoms with van der Waals surface area (Å²) in [5.41, 5.74) is 6.20. The summed E-state index contributed by atoms with van der Waals surface area (Å²) in [6.45, 7) is 0.599. The van der Waals surface area contributed by atoms with Crippen LogP contribution in [0.3, 0.4) is 0 Å². The number of nitrogens with one attached hydrogen (secondary N) is 1. The fourth-order valence-corrected chi connectivity index (χ4v) is 2.01. The van der Waals surface area contributed by atoms with Crippen LogP contribution >= 0.6 is 0 Å². The van der Waals surface area contributed by atoms with E-state index in [0.717, 1.165) is 0 Å². The highest BCUT2D eigenvalue weighted by atomic mass is 16.3. The maximum atomic E-state index is 9.55. The molecule has 82 valence electrons. The van der Waals surface area contributed by atoms with Crippen LogP contribution in [0.4, 0.5) is 5.82 Å². The van der Waals surface area contributed by atoms with Crippen LogP contribution in [0, 0.1) is 0 Å². The van der Waals surface area contributed by atoms with Crippen molar-refractivity contribution in [3.05, 3.63) is 17.8 Å². The molecule has 0 aliphatic heterocycles. The topological polar surface area (TPSA) is 71.2 Å². The van der Waals surface area contributed by atoms with Gasteiger partial charge in [-0.05, 0) is 25.0 Å². The van der Waals surface area contributed by atoms with Crippen molar-refractivity contribution >= 4 is 5.82 Å². The quantitative estimate of drug-likeness (QED) is 0.700. The lowest BCUT2D eigenvalue weighted by atomic mass is 10.2. The van der Waals surface area contributed by atoms with Crippen LogP contribution in [0.1, 0.15) is 31.4 Å². The van der Waals surface area contributed by atoms with Crippen molar-refractivity contribution in [1.29, 1.82) is 0 Å². The molecule has 1 heterocycles. The van der Waals surface area contributed by atoms with Gasteiger partial charge in [0.25, 0.3) is 0 Å². The smallest absolute Gasteiger partial charge is 0.138 e. The first-order valence-corrected chi connectivity index (χ1v) is 5.43. The molecule has 0 amide bonds. The number of hydrogen-bond acceptors (Lipinski definition) is 4. The van der Waals surface area contributed by atoms with Crippen LogP contribution in [0.5, 0.6) is 5.75 Å². The molecule has 15 heavy (non-hydrogen) atoms. The molecule has 0 unspecified atom stereocenters. The predicted molar refractivity (Wildman–Crippen MR) is 59.4 cm³/mol. The van der Waals surface area contributed by atoms with Crippen LogP contribution in [0.2, 0.25) is 0 Å². The van der Waals surface area contributed by atoms with Gasteiger partial charge in [0, 0.05) is 12.6 Å². The van der Waals surface area contributed by atoms with Gasteiger partial charge in [-0.25, -0.2) is 4.98 Å². The minimum atomic E-state index is 0.217. The fraction of sp³-hybridized carbons (Fsp3) is 0.545. The Balaban J connectivity index is 1.94. The second kappa shape index (κ2) is 4.49. The molecule has 0 aromatic carbocycles. The number of nitrogens with two attached hydrogens (primary N) is 1. The van der Waals surface area contributed by atoms with Crippen molar-refractivity contribution in [1.82, 2.24) is 10.3 Å². The lowest BCUT2D eigenvalue weighted by molar-refractivity contribution is 0.450. The van der Waals surface area contributed by atoms with Gasteiger partial charge in [0.1, 0.15) is 11.6 Å². The number of hydrogen-bond donors (Lipinski definition) is 3. The first-order chi connectivity index (χ1) is 7.25. The molecular weight excluding hydrogens is 190 g/mol. The molecule has 2 rings (SSSR count). The van der Waals surface area contributed by atoms with Gasteiger partial charge >= 0.3 is 0 Å². The third-order valence-electron chi connectivity index (χ3n) is 2.89. The molecule has 1 saturated carbocycles. The predicted octanol–water partition coefficient (Wildman–Crippen LogP) is 1.40. The molecule has 1 aromatic rings. The van der Waals surface area contributed by atoms with Crippen molar-refractivity contribution in [3.8, 4) is 5.75 Å². The van der Waals surface area contributed by atoms with Crippen LogP contribution in [0.25, 0.3) is 0 Å². The van der Waals surface area contributed by atoms with Gasteiger partial charge < -0.3 is 16.2 Å². The molecule has 4 N–H and O–H groups in total. The normalized spacial score (nSPS) is 17.1. The van der Waals surface area contributed by atoms with E-state index in [-0.39, 0.29) is 5.75 Å². The minimum absolute atomic E-state index is 0.217. The monoisotopic (exact) mass is 207 g/mol. The maximum absolute atomic E-state index is 9.55. The van der Waals surface area contributed by atoms with Crippen molar-refractivity contribution in [2.75, 3.05) is 5.73 Å². The Morgan fingerprint density at radius 2 is 2.13 bits per heavy atom. The van der Waals surface area contributed by atoms with E-state index in [1.54, 1.807) is 12.1 Å². The van der Waals surface area contributed by atoms with Gasteiger partial charge in [0.15, 0.2) is 0 Å². The third kappa shape index (κ3) is 2.59. The van der Waals surface area contributed by atoms with E-state index < -0.39 is 0 Å². The van der Waals surface area contributed by atoms with Gasteiger partial charge in [0.05, 0.1) is 5.69 Å². The Labute approximate surface area is 89.5 Å². The number of rotatable bonds is 3. The van der Waals surface area contributed by atoms with Gasteiger partial charge in [-0.2, -0.15) is 0 Å². The van der Waals surface area contributed by atoms with Crippen LogP contribution in [-0.2, 0) is 6.54 Å². The van der Waals surface area contributed by atoms with Crippen molar-refractivity contribution in [3.63, 3.8) is 0 Å². The van der Waals surface area contributed by atoms with E-state index in [1.165, 1.54) is 25.7 Å². The van der Waals surface area contributed by atoms with E-state index in [2.05, 4.69) is 10.3 Å². The van der Waals surface area contributed by atoms with E-state index in [0.29, 0.717) is 24.1 Å². The summed E-state index contributed by atoms with van der Waals surface area (Å²) < 4.78 is 0. The molecule has 0 spiro atoms. The average Bonchev–Trinajstić information content (AvgIpc) is 2.72. The van der Waals surface area contributed by atoms with Crippen LogP contribution in [0.15, 0.2) is 12.1 Å². The number of aromatic nitrogens is 1. The Kier molecular flexibility index (Phi) is 3.06. The van der Waals surface area contributed by atoms with Crippen LogP contribution < -0.4 is 11.1 Å². The van der Waals surface area contributed by atoms with Crippen LogP contribution in [-0.4, -0.2) is 16.1 Å². The highest BCUT2D eigenvalue weighted by Crippen LogP contribution is 2.20. The molecule has 4 nitrogen and oxygen atoms in total. The molecule has 1 aliphatic rings. The zero-order valence-corrected chi connectivity index (χ0v) is 8.74. The SMILES string of the molecule is Nc1ccc(O)c(CNC2CCCC2)n1. The van der Waals surface area contributed by atoms with E-state index in [9.17, 15) is 5.11 Å². The molecular formula is C11H17N3O. The molecule has 1 aromatic heterocycles. The summed E-state index contributed by atoms with van der Waals surface area (Å²) >= 11 is 0. The minimum Gasteiger partial charge on any atom is -0.506 e. The second-order valence-corrected chi connectivity index (χ2v) is 4.06. The van der Waals surface area contributed by atoms with E-state index in [1.807, 2.05) is 0 Å². The number of aromatic hydroxyl groups is 1. The highest BCUT2D eigenvalue weighted by Gasteiger charge is 2.14. The molecule has 4 heteroatoms. The largest absolute Gasteiger partial charge is 0.506 e. The first-order valence-electron chi connectivity index (χ1n) is 5.43. The standard InChI is InChI=1S/C11H17N3O/c12-11-6-5-10(15)9(14-11)7-13-8-3-1-2-4-8/h5-6,8,13,15H,1-4,7H2,(H2,12,14). The Hall–Kier alpha value is -1.29. The summed E-state index contributed by atoms with van der Waals surface area (Å²) in [4.78, 5) is 4.10. The Bertz CT molecular complexity index is 335. The van der Waals surface area contributed by atoms with Crippen molar-refractivity contribution in [2.24, 2.45) is 0 Å². The van der Waals surface area contributed by atoms with E-state index >= 15 is 0 Å². The number of anilines is 1. The molecule has 0 bridgehead atoms. The van der Waals surface area contributed by atoms with Gasteiger partial charge in [-0.3, -0.25) is 0 Å². The summed E-state index contributed by atoms with van der Waals surface area (Å²) in [5.74, 6) is 0.672. The fourth-order valence-electron chi connectivity index (χ4n) is 2.01. The summed E-state index contributed by atoms with van der Waals surface area (Å²) in [6.07, 6.45) is 5.05. The lowest BCUT2D eigenvalue weighted by Gasteiger charge is -2.12. The van der Waals surface area contributed by atoms with Gasteiger partial charge in [-0.15, -0.1) is 0 Å². The lowest BCUT2D eigenvalue weighted by Crippen LogP contribution is -2.25. The van der Waals surface area contributed by atoms with E-state index in [4.69, 9.17) is 5.73 Å². The molecule has 1 fully saturated rings. The maximum Gasteiger partial charge on any atom is 0.138 e. The molecule has 0 radical (unpaired) electrons. The Morgan fingerprint density at radius 1 is 1.40 bits per heavy atom. The highest BCUT2D eigenvalue weighted by molar-refractivity contribution is 5.37. The zero-order chi connectivity index (χ0) is 10.7. The summed E-state index contributed by atoms with van der Waals surface area (Å²) in [6, 6.07) is 3.77. The van der Waals surface area contributed by atoms with Gasteiger partial charge in [0.2, 0.25) is 0 Å². The first kappa shape index (κ1) is 10.2. The number of nitrogen functional groups attached to an aromatic ring is 1. The van der Waals surface area contributed by atoms with Crippen molar-refractivity contribution < 1.29 is 5.11 Å². The second-order valence-electron chi connectivity index (χ2n) is 4.06. The zero-order valence-electron chi connectivity index (χ0n) is 8.74. The summed E-state index contributed by atoms with van der Waals surface area (Å²) in [5, 5.41) is 12.9. The number of nitrogens with zero attached hydrogens (tertiary/aromatic N) is 1. The summed E-state index contributed by atoms with van der Waals surface area (Å²) in [7, 11) is 0.